The number of hydrogen-bond donors (Lipinski definition) is 1. The summed E-state index contributed by atoms with van der Waals surface area (Å²) in [5.41, 5.74) is 0. The average molecular weight is 211 g/mol. The second-order valence-electron chi connectivity index (χ2n) is 3.11. The minimum Gasteiger partial charge on any atom is -0.478 e. The van der Waals surface area contributed by atoms with E-state index in [1.807, 2.05) is 20.9 Å². The van der Waals surface area contributed by atoms with Gasteiger partial charge in [-0.1, -0.05) is 0 Å². The summed E-state index contributed by atoms with van der Waals surface area (Å²) < 4.78 is 10.8. The van der Waals surface area contributed by atoms with Gasteiger partial charge in [0.15, 0.2) is 0 Å². The number of rotatable bonds is 6. The van der Waals surface area contributed by atoms with Crippen LogP contribution >= 0.6 is 0 Å². The van der Waals surface area contributed by atoms with Crippen LogP contribution in [-0.4, -0.2) is 36.3 Å². The van der Waals surface area contributed by atoms with Crippen LogP contribution in [0.3, 0.4) is 0 Å². The highest BCUT2D eigenvalue weighted by Crippen LogP contribution is 2.14. The predicted molar refractivity (Wildman–Crippen MR) is 57.2 cm³/mol. The Morgan fingerprint density at radius 2 is 2.13 bits per heavy atom. The summed E-state index contributed by atoms with van der Waals surface area (Å²) in [5.74, 6) is 1.08. The Labute approximate surface area is 89.8 Å². The van der Waals surface area contributed by atoms with Gasteiger partial charge in [0, 0.05) is 6.54 Å². The number of aromatic nitrogens is 2. The van der Waals surface area contributed by atoms with Crippen LogP contribution in [-0.2, 0) is 0 Å². The third kappa shape index (κ3) is 4.12. The molecule has 1 heterocycles. The smallest absolute Gasteiger partial charge is 0.220 e. The molecule has 0 aliphatic rings. The number of nitrogens with one attached hydrogen (secondary N) is 1. The molecule has 0 fully saturated rings. The second-order valence-corrected chi connectivity index (χ2v) is 3.11. The van der Waals surface area contributed by atoms with Crippen LogP contribution in [0.4, 0.5) is 0 Å². The lowest BCUT2D eigenvalue weighted by Gasteiger charge is -2.13. The molecule has 0 aliphatic heterocycles. The zero-order valence-electron chi connectivity index (χ0n) is 9.36. The van der Waals surface area contributed by atoms with Crippen molar-refractivity contribution >= 4 is 0 Å². The van der Waals surface area contributed by atoms with Gasteiger partial charge in [0.05, 0.1) is 12.7 Å². The first-order valence-electron chi connectivity index (χ1n) is 5.02. The summed E-state index contributed by atoms with van der Waals surface area (Å²) in [7, 11) is 1.88. The van der Waals surface area contributed by atoms with Crippen molar-refractivity contribution in [1.82, 2.24) is 15.3 Å². The molecule has 0 aromatic carbocycles. The Morgan fingerprint density at radius 3 is 2.80 bits per heavy atom. The number of ether oxygens (including phenoxy) is 2. The number of nitrogens with zero attached hydrogens (tertiary/aromatic N) is 2. The zero-order chi connectivity index (χ0) is 11.1. The van der Waals surface area contributed by atoms with Crippen molar-refractivity contribution in [3.63, 3.8) is 0 Å². The lowest BCUT2D eigenvalue weighted by molar-refractivity contribution is 0.209. The SMILES string of the molecule is CCOc1cc(OC(C)CNC)ncn1. The Balaban J connectivity index is 2.56. The van der Waals surface area contributed by atoms with E-state index in [-0.39, 0.29) is 6.10 Å². The molecule has 1 unspecified atom stereocenters. The fourth-order valence-electron chi connectivity index (χ4n) is 1.15. The normalized spacial score (nSPS) is 12.2. The first-order valence-corrected chi connectivity index (χ1v) is 5.02. The number of likely N-dealkylation sites (N-methyl/N-ethyl adjacent to an activating group) is 1. The lowest BCUT2D eigenvalue weighted by Crippen LogP contribution is -2.26. The van der Waals surface area contributed by atoms with Gasteiger partial charge >= 0.3 is 0 Å². The molecule has 5 nitrogen and oxygen atoms in total. The summed E-state index contributed by atoms with van der Waals surface area (Å²) in [4.78, 5) is 7.96. The Kier molecular flexibility index (Phi) is 4.83. The summed E-state index contributed by atoms with van der Waals surface area (Å²) in [5, 5.41) is 3.03. The van der Waals surface area contributed by atoms with Crippen molar-refractivity contribution in [2.45, 2.75) is 20.0 Å². The highest BCUT2D eigenvalue weighted by molar-refractivity contribution is 5.18. The molecule has 1 N–H and O–H groups in total. The molecule has 15 heavy (non-hydrogen) atoms. The molecule has 1 aromatic heterocycles. The van der Waals surface area contributed by atoms with Crippen LogP contribution in [0, 0.1) is 0 Å². The van der Waals surface area contributed by atoms with Gasteiger partial charge in [0.25, 0.3) is 0 Å². The largest absolute Gasteiger partial charge is 0.478 e. The second kappa shape index (κ2) is 6.19. The van der Waals surface area contributed by atoms with Gasteiger partial charge in [-0.25, -0.2) is 9.97 Å². The van der Waals surface area contributed by atoms with E-state index in [1.54, 1.807) is 6.07 Å². The lowest BCUT2D eigenvalue weighted by atomic mass is 10.4. The molecule has 1 atom stereocenters. The molecule has 0 radical (unpaired) electrons. The van der Waals surface area contributed by atoms with Crippen LogP contribution in [0.5, 0.6) is 11.8 Å². The van der Waals surface area contributed by atoms with Gasteiger partial charge in [-0.3, -0.25) is 0 Å². The van der Waals surface area contributed by atoms with Gasteiger partial charge in [0.1, 0.15) is 12.4 Å². The predicted octanol–water partition coefficient (Wildman–Crippen LogP) is 0.862. The van der Waals surface area contributed by atoms with Crippen molar-refractivity contribution in [3.8, 4) is 11.8 Å². The van der Waals surface area contributed by atoms with Crippen LogP contribution < -0.4 is 14.8 Å². The maximum Gasteiger partial charge on any atom is 0.220 e. The van der Waals surface area contributed by atoms with Crippen molar-refractivity contribution in [2.75, 3.05) is 20.2 Å². The molecule has 5 heteroatoms. The molecule has 0 saturated heterocycles. The van der Waals surface area contributed by atoms with Crippen LogP contribution in [0.2, 0.25) is 0 Å². The molecular weight excluding hydrogens is 194 g/mol. The zero-order valence-corrected chi connectivity index (χ0v) is 9.36. The molecule has 1 rings (SSSR count). The minimum absolute atomic E-state index is 0.0689. The Morgan fingerprint density at radius 1 is 1.40 bits per heavy atom. The first-order chi connectivity index (χ1) is 7.26. The maximum absolute atomic E-state index is 5.55. The summed E-state index contributed by atoms with van der Waals surface area (Å²) in [6.45, 7) is 5.24. The molecule has 0 aliphatic carbocycles. The van der Waals surface area contributed by atoms with Crippen molar-refractivity contribution in [3.05, 3.63) is 12.4 Å². The molecule has 0 spiro atoms. The highest BCUT2D eigenvalue weighted by atomic mass is 16.5. The molecule has 84 valence electrons. The van der Waals surface area contributed by atoms with Gasteiger partial charge in [-0.05, 0) is 20.9 Å². The molecule has 1 aromatic rings. The van der Waals surface area contributed by atoms with E-state index in [4.69, 9.17) is 9.47 Å². The van der Waals surface area contributed by atoms with Gasteiger partial charge < -0.3 is 14.8 Å². The third-order valence-electron chi connectivity index (χ3n) is 1.72. The fraction of sp³-hybridized carbons (Fsp3) is 0.600. The van der Waals surface area contributed by atoms with E-state index < -0.39 is 0 Å². The van der Waals surface area contributed by atoms with Crippen molar-refractivity contribution in [2.24, 2.45) is 0 Å². The molecular formula is C10H17N3O2. The van der Waals surface area contributed by atoms with Crippen LogP contribution in [0.25, 0.3) is 0 Å². The topological polar surface area (TPSA) is 56.3 Å². The van der Waals surface area contributed by atoms with Crippen molar-refractivity contribution < 1.29 is 9.47 Å². The van der Waals surface area contributed by atoms with Gasteiger partial charge in [-0.2, -0.15) is 0 Å². The Bertz CT molecular complexity index is 294. The van der Waals surface area contributed by atoms with E-state index in [1.165, 1.54) is 6.33 Å². The molecule has 0 bridgehead atoms. The van der Waals surface area contributed by atoms with Crippen LogP contribution in [0.1, 0.15) is 13.8 Å². The van der Waals surface area contributed by atoms with Crippen molar-refractivity contribution in [1.29, 1.82) is 0 Å². The monoisotopic (exact) mass is 211 g/mol. The summed E-state index contributed by atoms with van der Waals surface area (Å²) in [6, 6.07) is 1.69. The maximum atomic E-state index is 5.55. The van der Waals surface area contributed by atoms with E-state index in [0.717, 1.165) is 6.54 Å². The van der Waals surface area contributed by atoms with E-state index in [2.05, 4.69) is 15.3 Å². The van der Waals surface area contributed by atoms with Crippen LogP contribution in [0.15, 0.2) is 12.4 Å². The summed E-state index contributed by atoms with van der Waals surface area (Å²) >= 11 is 0. The fourth-order valence-corrected chi connectivity index (χ4v) is 1.15. The first kappa shape index (κ1) is 11.7. The van der Waals surface area contributed by atoms with Gasteiger partial charge in [0.2, 0.25) is 11.8 Å². The standard InChI is InChI=1S/C10H17N3O2/c1-4-14-9-5-10(13-7-12-9)15-8(2)6-11-3/h5,7-8,11H,4,6H2,1-3H3. The van der Waals surface area contributed by atoms with Gasteiger partial charge in [-0.15, -0.1) is 0 Å². The summed E-state index contributed by atoms with van der Waals surface area (Å²) in [6.07, 6.45) is 1.51. The quantitative estimate of drug-likeness (QED) is 0.756. The molecule has 0 amide bonds. The highest BCUT2D eigenvalue weighted by Gasteiger charge is 2.05. The third-order valence-corrected chi connectivity index (χ3v) is 1.72. The number of hydrogen-bond acceptors (Lipinski definition) is 5. The average Bonchev–Trinajstić information content (AvgIpc) is 2.19. The Hall–Kier alpha value is -1.36. The van der Waals surface area contributed by atoms with E-state index in [9.17, 15) is 0 Å². The molecule has 0 saturated carbocycles. The van der Waals surface area contributed by atoms with E-state index >= 15 is 0 Å². The minimum atomic E-state index is 0.0689. The van der Waals surface area contributed by atoms with E-state index in [0.29, 0.717) is 18.4 Å².